The van der Waals surface area contributed by atoms with Crippen LogP contribution in [0.3, 0.4) is 0 Å². The van der Waals surface area contributed by atoms with Crippen molar-refractivity contribution in [3.8, 4) is 0 Å². The van der Waals surface area contributed by atoms with E-state index in [1.54, 1.807) is 29.8 Å². The molecule has 28 heavy (non-hydrogen) atoms. The van der Waals surface area contributed by atoms with Gasteiger partial charge in [0.2, 0.25) is 0 Å². The zero-order valence-electron chi connectivity index (χ0n) is 15.6. The first-order valence-electron chi connectivity index (χ1n) is 9.14. The molecule has 1 N–H and O–H groups in total. The Kier molecular flexibility index (Phi) is 6.46. The second kappa shape index (κ2) is 8.83. The summed E-state index contributed by atoms with van der Waals surface area (Å²) in [5.74, 6) is -0.840. The molecule has 2 aromatic rings. The van der Waals surface area contributed by atoms with E-state index >= 15 is 0 Å². The minimum atomic E-state index is -3.73. The lowest BCUT2D eigenvalue weighted by Gasteiger charge is -2.29. The lowest BCUT2D eigenvalue weighted by molar-refractivity contribution is -0.146. The number of aromatic nitrogens is 1. The highest BCUT2D eigenvalue weighted by Gasteiger charge is 2.32. The van der Waals surface area contributed by atoms with Crippen molar-refractivity contribution < 1.29 is 18.0 Å². The Hall–Kier alpha value is -2.26. The predicted octanol–water partition coefficient (Wildman–Crippen LogP) is 2.03. The molecule has 0 aromatic carbocycles. The molecule has 1 aliphatic rings. The van der Waals surface area contributed by atoms with Crippen LogP contribution in [0, 0.1) is 5.92 Å². The third kappa shape index (κ3) is 4.59. The van der Waals surface area contributed by atoms with Crippen LogP contribution in [0.1, 0.15) is 30.6 Å². The third-order valence-electron chi connectivity index (χ3n) is 4.92. The number of pyridine rings is 1. The van der Waals surface area contributed by atoms with Crippen LogP contribution in [0.25, 0.3) is 0 Å². The number of carbonyl (C=O) groups excluding carboxylic acids is 2. The highest BCUT2D eigenvalue weighted by atomic mass is 32.2. The van der Waals surface area contributed by atoms with Crippen molar-refractivity contribution in [2.45, 2.75) is 29.2 Å². The van der Waals surface area contributed by atoms with Gasteiger partial charge in [0, 0.05) is 32.0 Å². The Balaban J connectivity index is 1.74. The van der Waals surface area contributed by atoms with Gasteiger partial charge in [0.1, 0.15) is 9.46 Å². The largest absolute Gasteiger partial charge is 0.346 e. The highest BCUT2D eigenvalue weighted by molar-refractivity contribution is 7.93. The van der Waals surface area contributed by atoms with E-state index in [0.717, 1.165) is 24.2 Å². The molecule has 2 amide bonds. The monoisotopic (exact) mass is 421 g/mol. The number of nitrogens with one attached hydrogen (secondary N) is 1. The fourth-order valence-electron chi connectivity index (χ4n) is 3.16. The van der Waals surface area contributed by atoms with Crippen molar-refractivity contribution in [2.24, 2.45) is 5.92 Å². The number of thiophene rings is 1. The first kappa shape index (κ1) is 20.5. The number of rotatable bonds is 5. The maximum Gasteiger partial charge on any atom is 0.311 e. The second-order valence-corrected chi connectivity index (χ2v) is 10.2. The minimum absolute atomic E-state index is 0.194. The van der Waals surface area contributed by atoms with E-state index in [1.807, 2.05) is 0 Å². The molecule has 1 fully saturated rings. The smallest absolute Gasteiger partial charge is 0.311 e. The summed E-state index contributed by atoms with van der Waals surface area (Å²) in [5.41, 5.74) is 0.468. The highest BCUT2D eigenvalue weighted by Crippen LogP contribution is 2.30. The molecule has 1 saturated heterocycles. The van der Waals surface area contributed by atoms with E-state index in [9.17, 15) is 18.0 Å². The molecule has 3 rings (SSSR count). The summed E-state index contributed by atoms with van der Waals surface area (Å²) in [6.07, 6.45) is 4.75. The molecule has 150 valence electrons. The summed E-state index contributed by atoms with van der Waals surface area (Å²) < 4.78 is 26.3. The van der Waals surface area contributed by atoms with E-state index in [-0.39, 0.29) is 10.8 Å². The first-order chi connectivity index (χ1) is 13.4. The number of hydrogen-bond acceptors (Lipinski definition) is 6. The van der Waals surface area contributed by atoms with E-state index in [0.29, 0.717) is 24.6 Å². The molecule has 3 heterocycles. The molecular formula is C19H23N3O4S2. The molecule has 9 heteroatoms. The Bertz CT molecular complexity index is 906. The average molecular weight is 422 g/mol. The van der Waals surface area contributed by atoms with Crippen LogP contribution in [0.2, 0.25) is 0 Å². The number of nitrogens with zero attached hydrogens (tertiary/aromatic N) is 2. The average Bonchev–Trinajstić information content (AvgIpc) is 3.24. The van der Waals surface area contributed by atoms with Gasteiger partial charge in [0.05, 0.1) is 0 Å². The topological polar surface area (TPSA) is 96.4 Å². The van der Waals surface area contributed by atoms with Gasteiger partial charge in [-0.2, -0.15) is 0 Å². The zero-order chi connectivity index (χ0) is 20.1. The molecule has 2 aromatic heterocycles. The lowest BCUT2D eigenvalue weighted by Crippen LogP contribution is -2.47. The van der Waals surface area contributed by atoms with Crippen LogP contribution in [-0.4, -0.2) is 49.8 Å². The Labute approximate surface area is 168 Å². The maximum atomic E-state index is 13.1. The Morgan fingerprint density at radius 1 is 1.29 bits per heavy atom. The van der Waals surface area contributed by atoms with Gasteiger partial charge in [-0.05, 0) is 41.8 Å². The fraction of sp³-hybridized carbons (Fsp3) is 0.421. The maximum absolute atomic E-state index is 13.1. The van der Waals surface area contributed by atoms with Crippen molar-refractivity contribution in [3.05, 3.63) is 47.6 Å². The first-order valence-corrected chi connectivity index (χ1v) is 11.6. The molecular weight excluding hydrogens is 398 g/mol. The minimum Gasteiger partial charge on any atom is -0.346 e. The van der Waals surface area contributed by atoms with Crippen molar-refractivity contribution in [3.63, 3.8) is 0 Å². The van der Waals surface area contributed by atoms with E-state index in [1.165, 1.54) is 17.2 Å². The van der Waals surface area contributed by atoms with Crippen LogP contribution < -0.4 is 5.32 Å². The van der Waals surface area contributed by atoms with Crippen LogP contribution in [0.5, 0.6) is 0 Å². The van der Waals surface area contributed by atoms with Gasteiger partial charge in [-0.25, -0.2) is 8.42 Å². The van der Waals surface area contributed by atoms with Crippen LogP contribution in [-0.2, 0) is 19.4 Å². The summed E-state index contributed by atoms with van der Waals surface area (Å²) in [5, 5.41) is 3.20. The van der Waals surface area contributed by atoms with Gasteiger partial charge in [-0.15, -0.1) is 11.3 Å². The Morgan fingerprint density at radius 3 is 2.64 bits per heavy atom. The SMILES string of the molecule is CC1CCN(C(=O)C(=O)NC[C@H](c2cccnc2)S(=O)(=O)c2cccs2)CC1. The van der Waals surface area contributed by atoms with Gasteiger partial charge < -0.3 is 10.2 Å². The van der Waals surface area contributed by atoms with Gasteiger partial charge in [0.15, 0.2) is 9.84 Å². The van der Waals surface area contributed by atoms with E-state index < -0.39 is 26.9 Å². The fourth-order valence-corrected chi connectivity index (χ4v) is 6.00. The molecule has 1 atom stereocenters. The van der Waals surface area contributed by atoms with Crippen LogP contribution in [0.15, 0.2) is 46.2 Å². The van der Waals surface area contributed by atoms with Crippen molar-refractivity contribution in [1.29, 1.82) is 0 Å². The zero-order valence-corrected chi connectivity index (χ0v) is 17.2. The summed E-state index contributed by atoms with van der Waals surface area (Å²) in [6.45, 7) is 3.02. The summed E-state index contributed by atoms with van der Waals surface area (Å²) in [4.78, 5) is 30.3. The molecule has 0 unspecified atom stereocenters. The van der Waals surface area contributed by atoms with Gasteiger partial charge in [-0.1, -0.05) is 19.1 Å². The van der Waals surface area contributed by atoms with Gasteiger partial charge >= 0.3 is 11.8 Å². The molecule has 0 bridgehead atoms. The summed E-state index contributed by atoms with van der Waals surface area (Å²) in [6, 6.07) is 6.50. The lowest BCUT2D eigenvalue weighted by atomic mass is 9.99. The van der Waals surface area contributed by atoms with Crippen molar-refractivity contribution in [2.75, 3.05) is 19.6 Å². The number of amides is 2. The van der Waals surface area contributed by atoms with Crippen LogP contribution in [0.4, 0.5) is 0 Å². The molecule has 0 saturated carbocycles. The molecule has 0 radical (unpaired) electrons. The van der Waals surface area contributed by atoms with Gasteiger partial charge in [-0.3, -0.25) is 14.6 Å². The second-order valence-electron chi connectivity index (χ2n) is 6.94. The number of sulfone groups is 1. The molecule has 1 aliphatic heterocycles. The van der Waals surface area contributed by atoms with Crippen molar-refractivity contribution in [1.82, 2.24) is 15.2 Å². The molecule has 0 aliphatic carbocycles. The van der Waals surface area contributed by atoms with Crippen LogP contribution >= 0.6 is 11.3 Å². The predicted molar refractivity (Wildman–Crippen MR) is 106 cm³/mol. The van der Waals surface area contributed by atoms with Gasteiger partial charge in [0.25, 0.3) is 0 Å². The van der Waals surface area contributed by atoms with E-state index in [4.69, 9.17) is 0 Å². The van der Waals surface area contributed by atoms with Crippen molar-refractivity contribution >= 4 is 33.0 Å². The number of piperidine rings is 1. The number of carbonyl (C=O) groups is 2. The molecule has 0 spiro atoms. The summed E-state index contributed by atoms with van der Waals surface area (Å²) >= 11 is 1.12. The standard InChI is InChI=1S/C19H23N3O4S2/c1-14-6-9-22(10-7-14)19(24)18(23)21-13-16(15-4-2-8-20-12-15)28(25,26)17-5-3-11-27-17/h2-5,8,11-12,14,16H,6-7,9-10,13H2,1H3,(H,21,23)/t16-/m1/s1. The third-order valence-corrected chi connectivity index (χ3v) is 8.45. The number of hydrogen-bond donors (Lipinski definition) is 1. The quantitative estimate of drug-likeness (QED) is 0.745. The van der Waals surface area contributed by atoms with E-state index in [2.05, 4.69) is 17.2 Å². The number of likely N-dealkylation sites (tertiary alicyclic amines) is 1. The molecule has 7 nitrogen and oxygen atoms in total. The summed E-state index contributed by atoms with van der Waals surface area (Å²) in [7, 11) is -3.73. The Morgan fingerprint density at radius 2 is 2.04 bits per heavy atom. The normalized spacial score (nSPS) is 16.5.